The van der Waals surface area contributed by atoms with E-state index in [9.17, 15) is 0 Å². The average Bonchev–Trinajstić information content (AvgIpc) is 2.44. The highest BCUT2D eigenvalue weighted by molar-refractivity contribution is 9.10. The molecule has 0 saturated heterocycles. The quantitative estimate of drug-likeness (QED) is 0.660. The van der Waals surface area contributed by atoms with Crippen LogP contribution in [0.1, 0.15) is 24.5 Å². The third-order valence-electron chi connectivity index (χ3n) is 3.08. The predicted molar refractivity (Wildman–Crippen MR) is 92.4 cm³/mol. The molecule has 0 atom stereocenters. The van der Waals surface area contributed by atoms with Gasteiger partial charge in [-0.05, 0) is 71.2 Å². The first-order chi connectivity index (χ1) is 10.1. The zero-order chi connectivity index (χ0) is 15.2. The topological polar surface area (TPSA) is 21.3 Å². The smallest absolute Gasteiger partial charge is 0.141 e. The van der Waals surface area contributed by atoms with Crippen molar-refractivity contribution in [2.45, 2.75) is 26.8 Å². The van der Waals surface area contributed by atoms with E-state index in [2.05, 4.69) is 28.2 Å². The number of hydrogen-bond donors (Lipinski definition) is 1. The SMILES string of the molecule is CCCNCc1ccc(Oc2ccc(C)cc2Br)cc1Cl. The fraction of sp³-hybridized carbons (Fsp3) is 0.294. The summed E-state index contributed by atoms with van der Waals surface area (Å²) in [5.41, 5.74) is 2.27. The fourth-order valence-electron chi connectivity index (χ4n) is 1.95. The molecule has 0 aliphatic rings. The van der Waals surface area contributed by atoms with E-state index in [1.54, 1.807) is 0 Å². The molecule has 0 aliphatic heterocycles. The molecule has 0 heterocycles. The Hall–Kier alpha value is -1.03. The maximum Gasteiger partial charge on any atom is 0.141 e. The summed E-state index contributed by atoms with van der Waals surface area (Å²) in [6, 6.07) is 11.8. The van der Waals surface area contributed by atoms with Crippen molar-refractivity contribution >= 4 is 27.5 Å². The van der Waals surface area contributed by atoms with Gasteiger partial charge in [-0.1, -0.05) is 30.7 Å². The minimum atomic E-state index is 0.722. The molecule has 2 nitrogen and oxygen atoms in total. The van der Waals surface area contributed by atoms with Crippen molar-refractivity contribution in [3.63, 3.8) is 0 Å². The number of benzene rings is 2. The minimum Gasteiger partial charge on any atom is -0.456 e. The molecule has 2 aromatic carbocycles. The van der Waals surface area contributed by atoms with Crippen LogP contribution in [0.3, 0.4) is 0 Å². The van der Waals surface area contributed by atoms with Gasteiger partial charge in [0.1, 0.15) is 11.5 Å². The van der Waals surface area contributed by atoms with E-state index in [-0.39, 0.29) is 0 Å². The van der Waals surface area contributed by atoms with Crippen molar-refractivity contribution in [1.29, 1.82) is 0 Å². The van der Waals surface area contributed by atoms with E-state index < -0.39 is 0 Å². The van der Waals surface area contributed by atoms with Crippen LogP contribution in [-0.4, -0.2) is 6.54 Å². The van der Waals surface area contributed by atoms with Crippen molar-refractivity contribution in [2.24, 2.45) is 0 Å². The maximum absolute atomic E-state index is 6.31. The van der Waals surface area contributed by atoms with Gasteiger partial charge in [0.25, 0.3) is 0 Å². The lowest BCUT2D eigenvalue weighted by Crippen LogP contribution is -2.13. The number of aryl methyl sites for hydroxylation is 1. The third-order valence-corrected chi connectivity index (χ3v) is 4.05. The van der Waals surface area contributed by atoms with Gasteiger partial charge in [-0.15, -0.1) is 0 Å². The molecule has 0 aromatic heterocycles. The van der Waals surface area contributed by atoms with Gasteiger partial charge in [0.15, 0.2) is 0 Å². The fourth-order valence-corrected chi connectivity index (χ4v) is 2.76. The van der Waals surface area contributed by atoms with E-state index in [0.717, 1.165) is 46.1 Å². The van der Waals surface area contributed by atoms with Crippen LogP contribution in [0.4, 0.5) is 0 Å². The standard InChI is InChI=1S/C17H19BrClNO/c1-3-8-20-11-13-5-6-14(10-16(13)19)21-17-7-4-12(2)9-15(17)18/h4-7,9-10,20H,3,8,11H2,1-2H3. The molecule has 112 valence electrons. The van der Waals surface area contributed by atoms with Crippen molar-refractivity contribution < 1.29 is 4.74 Å². The van der Waals surface area contributed by atoms with Crippen molar-refractivity contribution in [2.75, 3.05) is 6.54 Å². The summed E-state index contributed by atoms with van der Waals surface area (Å²) in [6.07, 6.45) is 1.11. The highest BCUT2D eigenvalue weighted by Gasteiger charge is 2.06. The Morgan fingerprint density at radius 2 is 2.00 bits per heavy atom. The minimum absolute atomic E-state index is 0.722. The van der Waals surface area contributed by atoms with Gasteiger partial charge in [-0.25, -0.2) is 0 Å². The molecule has 0 amide bonds. The van der Waals surface area contributed by atoms with Gasteiger partial charge in [-0.2, -0.15) is 0 Å². The normalized spacial score (nSPS) is 10.7. The second-order valence-electron chi connectivity index (χ2n) is 4.97. The molecule has 21 heavy (non-hydrogen) atoms. The van der Waals surface area contributed by atoms with Crippen LogP contribution < -0.4 is 10.1 Å². The molecule has 2 aromatic rings. The number of hydrogen-bond acceptors (Lipinski definition) is 2. The summed E-state index contributed by atoms with van der Waals surface area (Å²) < 4.78 is 6.81. The highest BCUT2D eigenvalue weighted by atomic mass is 79.9. The molecule has 0 radical (unpaired) electrons. The van der Waals surface area contributed by atoms with Gasteiger partial charge in [-0.3, -0.25) is 0 Å². The van der Waals surface area contributed by atoms with E-state index in [1.165, 1.54) is 5.56 Å². The summed E-state index contributed by atoms with van der Waals surface area (Å²) in [5.74, 6) is 1.53. The Balaban J connectivity index is 2.09. The third kappa shape index (κ3) is 4.73. The van der Waals surface area contributed by atoms with Crippen LogP contribution in [-0.2, 0) is 6.54 Å². The van der Waals surface area contributed by atoms with Crippen LogP contribution in [0, 0.1) is 6.92 Å². The Bertz CT molecular complexity index is 616. The predicted octanol–water partition coefficient (Wildman–Crippen LogP) is 5.70. The number of ether oxygens (including phenoxy) is 1. The van der Waals surface area contributed by atoms with E-state index in [0.29, 0.717) is 0 Å². The van der Waals surface area contributed by atoms with Gasteiger partial charge in [0.05, 0.1) is 4.47 Å². The van der Waals surface area contributed by atoms with E-state index >= 15 is 0 Å². The molecule has 4 heteroatoms. The van der Waals surface area contributed by atoms with Crippen LogP contribution in [0.25, 0.3) is 0 Å². The molecule has 1 N–H and O–H groups in total. The Morgan fingerprint density at radius 3 is 2.67 bits per heavy atom. The summed E-state index contributed by atoms with van der Waals surface area (Å²) in [7, 11) is 0. The summed E-state index contributed by atoms with van der Waals surface area (Å²) in [6.45, 7) is 5.96. The zero-order valence-electron chi connectivity index (χ0n) is 12.2. The molecule has 0 unspecified atom stereocenters. The van der Waals surface area contributed by atoms with Gasteiger partial charge in [0.2, 0.25) is 0 Å². The summed E-state index contributed by atoms with van der Waals surface area (Å²) in [4.78, 5) is 0. The molecule has 0 fully saturated rings. The molecule has 0 bridgehead atoms. The monoisotopic (exact) mass is 367 g/mol. The first-order valence-electron chi connectivity index (χ1n) is 7.03. The molecule has 0 aliphatic carbocycles. The largest absolute Gasteiger partial charge is 0.456 e. The summed E-state index contributed by atoms with van der Waals surface area (Å²) in [5, 5.41) is 4.07. The maximum atomic E-state index is 6.31. The molecule has 2 rings (SSSR count). The lowest BCUT2D eigenvalue weighted by atomic mass is 10.2. The Labute approximate surface area is 139 Å². The van der Waals surface area contributed by atoms with Gasteiger partial charge in [0, 0.05) is 11.6 Å². The van der Waals surface area contributed by atoms with Crippen molar-refractivity contribution in [3.05, 3.63) is 57.0 Å². The lowest BCUT2D eigenvalue weighted by Gasteiger charge is -2.11. The van der Waals surface area contributed by atoms with E-state index in [1.807, 2.05) is 43.3 Å². The Kier molecular flexibility index (Phi) is 6.09. The molecule has 0 spiro atoms. The van der Waals surface area contributed by atoms with E-state index in [4.69, 9.17) is 16.3 Å². The lowest BCUT2D eigenvalue weighted by molar-refractivity contribution is 0.479. The van der Waals surface area contributed by atoms with Crippen molar-refractivity contribution in [3.8, 4) is 11.5 Å². The highest BCUT2D eigenvalue weighted by Crippen LogP contribution is 2.32. The van der Waals surface area contributed by atoms with Crippen LogP contribution in [0.2, 0.25) is 5.02 Å². The van der Waals surface area contributed by atoms with Crippen LogP contribution in [0.15, 0.2) is 40.9 Å². The number of halogens is 2. The van der Waals surface area contributed by atoms with Crippen molar-refractivity contribution in [1.82, 2.24) is 5.32 Å². The molecule has 0 saturated carbocycles. The second kappa shape index (κ2) is 7.83. The zero-order valence-corrected chi connectivity index (χ0v) is 14.6. The van der Waals surface area contributed by atoms with Gasteiger partial charge < -0.3 is 10.1 Å². The molecular weight excluding hydrogens is 350 g/mol. The number of rotatable bonds is 6. The Morgan fingerprint density at radius 1 is 1.19 bits per heavy atom. The number of nitrogens with one attached hydrogen (secondary N) is 1. The molecular formula is C17H19BrClNO. The second-order valence-corrected chi connectivity index (χ2v) is 6.23. The first-order valence-corrected chi connectivity index (χ1v) is 8.20. The summed E-state index contributed by atoms with van der Waals surface area (Å²) >= 11 is 9.82. The van der Waals surface area contributed by atoms with Crippen LogP contribution in [0.5, 0.6) is 11.5 Å². The van der Waals surface area contributed by atoms with Gasteiger partial charge >= 0.3 is 0 Å². The average molecular weight is 369 g/mol. The van der Waals surface area contributed by atoms with Crippen LogP contribution >= 0.6 is 27.5 Å². The first kappa shape index (κ1) is 16.3.